The molecule has 0 radical (unpaired) electrons. The average Bonchev–Trinajstić information content (AvgIpc) is 3.07. The summed E-state index contributed by atoms with van der Waals surface area (Å²) in [7, 11) is 0. The lowest BCUT2D eigenvalue weighted by molar-refractivity contribution is -0.0637. The van der Waals surface area contributed by atoms with Crippen LogP contribution in [0, 0.1) is 0 Å². The Morgan fingerprint density at radius 1 is 1.00 bits per heavy atom. The predicted octanol–water partition coefficient (Wildman–Crippen LogP) is 4.05. The second-order valence-corrected chi connectivity index (χ2v) is 7.42. The van der Waals surface area contributed by atoms with Gasteiger partial charge in [-0.3, -0.25) is 0 Å². The van der Waals surface area contributed by atoms with Gasteiger partial charge in [0, 0.05) is 12.6 Å². The third-order valence-electron chi connectivity index (χ3n) is 4.96. The lowest BCUT2D eigenvalue weighted by Crippen LogP contribution is -2.45. The fraction of sp³-hybridized carbons (Fsp3) is 0.429. The third kappa shape index (κ3) is 3.65. The lowest BCUT2D eigenvalue weighted by Gasteiger charge is -2.38. The molecule has 2 aliphatic heterocycles. The molecule has 2 atom stereocenters. The van der Waals surface area contributed by atoms with E-state index in [1.165, 1.54) is 11.1 Å². The van der Waals surface area contributed by atoms with Crippen molar-refractivity contribution >= 4 is 0 Å². The van der Waals surface area contributed by atoms with Crippen molar-refractivity contribution in [3.63, 3.8) is 0 Å². The summed E-state index contributed by atoms with van der Waals surface area (Å²) < 4.78 is 16.9. The largest absolute Gasteiger partial charge is 0.454 e. The summed E-state index contributed by atoms with van der Waals surface area (Å²) in [5.41, 5.74) is 2.37. The van der Waals surface area contributed by atoms with Crippen LogP contribution in [0.1, 0.15) is 43.9 Å². The zero-order valence-electron chi connectivity index (χ0n) is 14.8. The van der Waals surface area contributed by atoms with Crippen LogP contribution in [0.3, 0.4) is 0 Å². The van der Waals surface area contributed by atoms with Gasteiger partial charge in [0.2, 0.25) is 6.79 Å². The summed E-state index contributed by atoms with van der Waals surface area (Å²) in [5, 5.41) is 3.86. The Hall–Kier alpha value is -2.04. The van der Waals surface area contributed by atoms with Gasteiger partial charge in [-0.05, 0) is 49.9 Å². The first-order valence-corrected chi connectivity index (χ1v) is 8.95. The first kappa shape index (κ1) is 16.4. The molecule has 0 aromatic heterocycles. The Bertz CT molecular complexity index is 729. The minimum atomic E-state index is -0.0773. The van der Waals surface area contributed by atoms with E-state index in [9.17, 15) is 0 Å². The van der Waals surface area contributed by atoms with E-state index >= 15 is 0 Å². The molecule has 2 aromatic rings. The van der Waals surface area contributed by atoms with E-state index in [1.54, 1.807) is 0 Å². The number of fused-ring (bicyclic) bond motifs is 1. The van der Waals surface area contributed by atoms with Gasteiger partial charge in [0.15, 0.2) is 11.5 Å². The molecule has 0 unspecified atom stereocenters. The number of hydrogen-bond donors (Lipinski definition) is 1. The van der Waals surface area contributed by atoms with Crippen LogP contribution < -0.4 is 14.8 Å². The first-order valence-electron chi connectivity index (χ1n) is 8.95. The maximum absolute atomic E-state index is 5.87. The summed E-state index contributed by atoms with van der Waals surface area (Å²) in [6.07, 6.45) is 2.03. The number of nitrogens with one attached hydrogen (secondary N) is 1. The van der Waals surface area contributed by atoms with E-state index in [2.05, 4.69) is 61.6 Å². The van der Waals surface area contributed by atoms with Crippen molar-refractivity contribution in [2.75, 3.05) is 13.4 Å². The molecule has 0 aliphatic carbocycles. The van der Waals surface area contributed by atoms with Crippen molar-refractivity contribution in [1.82, 2.24) is 5.32 Å². The first-order chi connectivity index (χ1) is 12.1. The zero-order chi connectivity index (χ0) is 17.3. The highest BCUT2D eigenvalue weighted by Crippen LogP contribution is 2.36. The van der Waals surface area contributed by atoms with Crippen LogP contribution in [0.4, 0.5) is 0 Å². The highest BCUT2D eigenvalue weighted by molar-refractivity contribution is 5.47. The monoisotopic (exact) mass is 339 g/mol. The summed E-state index contributed by atoms with van der Waals surface area (Å²) >= 11 is 0. The van der Waals surface area contributed by atoms with Crippen molar-refractivity contribution in [1.29, 1.82) is 0 Å². The van der Waals surface area contributed by atoms with Crippen LogP contribution in [0.15, 0.2) is 48.5 Å². The van der Waals surface area contributed by atoms with Gasteiger partial charge in [-0.15, -0.1) is 0 Å². The molecule has 1 N–H and O–H groups in total. The van der Waals surface area contributed by atoms with Crippen molar-refractivity contribution < 1.29 is 14.2 Å². The summed E-state index contributed by atoms with van der Waals surface area (Å²) in [4.78, 5) is 0. The smallest absolute Gasteiger partial charge is 0.231 e. The minimum Gasteiger partial charge on any atom is -0.454 e. The summed E-state index contributed by atoms with van der Waals surface area (Å²) in [6, 6.07) is 17.3. The second kappa shape index (κ2) is 6.70. The summed E-state index contributed by atoms with van der Waals surface area (Å²) in [6.45, 7) is 5.43. The van der Waals surface area contributed by atoms with Crippen LogP contribution in [0.5, 0.6) is 11.5 Å². The molecule has 132 valence electrons. The molecule has 2 aromatic carbocycles. The molecular weight excluding hydrogens is 314 g/mol. The van der Waals surface area contributed by atoms with Gasteiger partial charge in [-0.2, -0.15) is 0 Å². The molecule has 1 saturated heterocycles. The van der Waals surface area contributed by atoms with E-state index in [-0.39, 0.29) is 11.6 Å². The Labute approximate surface area is 149 Å². The molecule has 0 bridgehead atoms. The molecule has 4 rings (SSSR count). The van der Waals surface area contributed by atoms with Gasteiger partial charge < -0.3 is 19.5 Å². The van der Waals surface area contributed by atoms with E-state index in [1.807, 2.05) is 6.07 Å². The lowest BCUT2D eigenvalue weighted by atomic mass is 9.91. The number of benzene rings is 2. The van der Waals surface area contributed by atoms with Gasteiger partial charge in [0.05, 0.1) is 11.6 Å². The maximum atomic E-state index is 5.87. The SMILES string of the molecule is CC1(C)C[C@@H](N[C@H](c2ccccc2)c2ccc3c(c2)OCO3)CCO1. The van der Waals surface area contributed by atoms with Gasteiger partial charge in [0.25, 0.3) is 0 Å². The summed E-state index contributed by atoms with van der Waals surface area (Å²) in [5.74, 6) is 1.65. The molecule has 1 fully saturated rings. The van der Waals surface area contributed by atoms with Crippen molar-refractivity contribution in [2.45, 2.75) is 44.4 Å². The van der Waals surface area contributed by atoms with Gasteiger partial charge in [0.1, 0.15) is 0 Å². The zero-order valence-corrected chi connectivity index (χ0v) is 14.8. The molecule has 4 heteroatoms. The molecule has 0 saturated carbocycles. The molecule has 0 amide bonds. The number of hydrogen-bond acceptors (Lipinski definition) is 4. The third-order valence-corrected chi connectivity index (χ3v) is 4.96. The molecule has 2 heterocycles. The number of ether oxygens (including phenoxy) is 3. The highest BCUT2D eigenvalue weighted by Gasteiger charge is 2.31. The quantitative estimate of drug-likeness (QED) is 0.912. The predicted molar refractivity (Wildman–Crippen MR) is 97.0 cm³/mol. The Morgan fingerprint density at radius 2 is 1.80 bits per heavy atom. The molecule has 25 heavy (non-hydrogen) atoms. The van der Waals surface area contributed by atoms with E-state index in [0.29, 0.717) is 12.8 Å². The van der Waals surface area contributed by atoms with Crippen LogP contribution in [-0.4, -0.2) is 25.0 Å². The highest BCUT2D eigenvalue weighted by atomic mass is 16.7. The normalized spacial score (nSPS) is 22.6. The van der Waals surface area contributed by atoms with Gasteiger partial charge in [-0.1, -0.05) is 36.4 Å². The standard InChI is InChI=1S/C21H25NO3/c1-21(2)13-17(10-11-25-21)22-20(15-6-4-3-5-7-15)16-8-9-18-19(12-16)24-14-23-18/h3-9,12,17,20,22H,10-11,13-14H2,1-2H3/t17-,20+/m0/s1. The average molecular weight is 339 g/mol. The molecule has 2 aliphatic rings. The van der Waals surface area contributed by atoms with Crippen LogP contribution in [-0.2, 0) is 4.74 Å². The topological polar surface area (TPSA) is 39.7 Å². The van der Waals surface area contributed by atoms with Gasteiger partial charge in [-0.25, -0.2) is 0 Å². The van der Waals surface area contributed by atoms with E-state index < -0.39 is 0 Å². The Kier molecular flexibility index (Phi) is 4.40. The molecular formula is C21H25NO3. The van der Waals surface area contributed by atoms with E-state index in [0.717, 1.165) is 30.9 Å². The van der Waals surface area contributed by atoms with E-state index in [4.69, 9.17) is 14.2 Å². The number of rotatable bonds is 4. The Morgan fingerprint density at radius 3 is 2.60 bits per heavy atom. The minimum absolute atomic E-state index is 0.0773. The van der Waals surface area contributed by atoms with Gasteiger partial charge >= 0.3 is 0 Å². The van der Waals surface area contributed by atoms with Crippen LogP contribution in [0.2, 0.25) is 0 Å². The van der Waals surface area contributed by atoms with Crippen molar-refractivity contribution in [3.05, 3.63) is 59.7 Å². The maximum Gasteiger partial charge on any atom is 0.231 e. The molecule has 0 spiro atoms. The molecule has 4 nitrogen and oxygen atoms in total. The van der Waals surface area contributed by atoms with Crippen LogP contribution in [0.25, 0.3) is 0 Å². The Balaban J connectivity index is 1.63. The van der Waals surface area contributed by atoms with Crippen molar-refractivity contribution in [2.24, 2.45) is 0 Å². The fourth-order valence-corrected chi connectivity index (χ4v) is 3.73. The van der Waals surface area contributed by atoms with Crippen LogP contribution >= 0.6 is 0 Å². The second-order valence-electron chi connectivity index (χ2n) is 7.42. The van der Waals surface area contributed by atoms with Crippen molar-refractivity contribution in [3.8, 4) is 11.5 Å². The fourth-order valence-electron chi connectivity index (χ4n) is 3.73.